The number of benzene rings is 2. The van der Waals surface area contributed by atoms with Gasteiger partial charge in [0.15, 0.2) is 9.84 Å². The Morgan fingerprint density at radius 1 is 1.06 bits per heavy atom. The summed E-state index contributed by atoms with van der Waals surface area (Å²) in [6.07, 6.45) is 1.09. The molecule has 1 aliphatic rings. The van der Waals surface area contributed by atoms with Gasteiger partial charge in [0.2, 0.25) is 0 Å². The Bertz CT molecular complexity index is 1180. The molecule has 0 bridgehead atoms. The Balaban J connectivity index is 1.76. The Hall–Kier alpha value is -2.67. The molecular formula is C25H33N3O3S. The van der Waals surface area contributed by atoms with Gasteiger partial charge in [0.05, 0.1) is 29.8 Å². The van der Waals surface area contributed by atoms with E-state index in [1.54, 1.807) is 7.11 Å². The molecule has 0 saturated carbocycles. The number of ether oxygens (including phenoxy) is 1. The van der Waals surface area contributed by atoms with E-state index in [2.05, 4.69) is 66.0 Å². The van der Waals surface area contributed by atoms with E-state index in [1.807, 2.05) is 12.1 Å². The number of fused-ring (bicyclic) bond motifs is 1. The van der Waals surface area contributed by atoms with Crippen molar-refractivity contribution in [3.8, 4) is 17.0 Å². The van der Waals surface area contributed by atoms with Crippen molar-refractivity contribution in [2.45, 2.75) is 20.3 Å². The van der Waals surface area contributed by atoms with Crippen LogP contribution in [0, 0.1) is 5.92 Å². The zero-order valence-corrected chi connectivity index (χ0v) is 20.2. The van der Waals surface area contributed by atoms with Gasteiger partial charge in [-0.3, -0.25) is 0 Å². The van der Waals surface area contributed by atoms with Crippen LogP contribution in [0.4, 0.5) is 11.4 Å². The lowest BCUT2D eigenvalue weighted by atomic mass is 10.1. The summed E-state index contributed by atoms with van der Waals surface area (Å²) in [5.41, 5.74) is 5.59. The van der Waals surface area contributed by atoms with Crippen LogP contribution in [0.5, 0.6) is 5.75 Å². The molecule has 1 aromatic heterocycles. The molecule has 1 N–H and O–H groups in total. The van der Waals surface area contributed by atoms with Crippen LogP contribution in [0.3, 0.4) is 0 Å². The van der Waals surface area contributed by atoms with Crippen LogP contribution in [0.25, 0.3) is 22.2 Å². The molecule has 4 rings (SSSR count). The molecule has 7 heteroatoms. The van der Waals surface area contributed by atoms with E-state index in [0.717, 1.165) is 52.3 Å². The lowest BCUT2D eigenvalue weighted by Crippen LogP contribution is -2.40. The number of sulfone groups is 1. The van der Waals surface area contributed by atoms with Crippen molar-refractivity contribution < 1.29 is 13.2 Å². The highest BCUT2D eigenvalue weighted by Crippen LogP contribution is 2.36. The standard InChI is InChI=1S/C25H33N3O3S/c1-18(2)9-10-26-23-17-21(28-11-13-32(29,30)14-12-28)15-20-16-24(27(3)25(20)23)19-5-7-22(31-4)8-6-19/h5-8,15-18,26H,9-14H2,1-4H3. The van der Waals surface area contributed by atoms with E-state index in [1.165, 1.54) is 0 Å². The number of nitrogens with one attached hydrogen (secondary N) is 1. The molecule has 3 aromatic rings. The van der Waals surface area contributed by atoms with Gasteiger partial charge in [-0.25, -0.2) is 8.42 Å². The van der Waals surface area contributed by atoms with E-state index < -0.39 is 9.84 Å². The van der Waals surface area contributed by atoms with Crippen molar-refractivity contribution in [1.29, 1.82) is 0 Å². The molecule has 0 amide bonds. The predicted octanol–water partition coefficient (Wildman–Crippen LogP) is 4.55. The van der Waals surface area contributed by atoms with Gasteiger partial charge in [-0.05, 0) is 60.4 Å². The molecule has 0 radical (unpaired) electrons. The van der Waals surface area contributed by atoms with Gasteiger partial charge in [-0.2, -0.15) is 0 Å². The summed E-state index contributed by atoms with van der Waals surface area (Å²) in [7, 11) is 0.859. The molecule has 2 aromatic carbocycles. The first-order valence-corrected chi connectivity index (χ1v) is 13.1. The van der Waals surface area contributed by atoms with Crippen LogP contribution in [-0.2, 0) is 16.9 Å². The molecule has 1 fully saturated rings. The molecule has 0 atom stereocenters. The average molecular weight is 456 g/mol. The number of hydrogen-bond acceptors (Lipinski definition) is 5. The number of nitrogens with zero attached hydrogens (tertiary/aromatic N) is 2. The van der Waals surface area contributed by atoms with Crippen LogP contribution in [0.15, 0.2) is 42.5 Å². The Morgan fingerprint density at radius 3 is 2.38 bits per heavy atom. The van der Waals surface area contributed by atoms with Gasteiger partial charge in [-0.1, -0.05) is 13.8 Å². The molecule has 2 heterocycles. The van der Waals surface area contributed by atoms with Gasteiger partial charge in [-0.15, -0.1) is 0 Å². The first-order valence-electron chi connectivity index (χ1n) is 11.2. The Morgan fingerprint density at radius 2 is 1.75 bits per heavy atom. The fraction of sp³-hybridized carbons (Fsp3) is 0.440. The summed E-state index contributed by atoms with van der Waals surface area (Å²) in [6.45, 7) is 6.43. The van der Waals surface area contributed by atoms with E-state index >= 15 is 0 Å². The first kappa shape index (κ1) is 22.5. The zero-order valence-electron chi connectivity index (χ0n) is 19.4. The first-order chi connectivity index (χ1) is 15.3. The number of aromatic nitrogens is 1. The highest BCUT2D eigenvalue weighted by molar-refractivity contribution is 7.91. The molecule has 1 aliphatic heterocycles. The molecule has 1 saturated heterocycles. The zero-order chi connectivity index (χ0) is 22.9. The molecule has 6 nitrogen and oxygen atoms in total. The number of anilines is 2. The number of hydrogen-bond donors (Lipinski definition) is 1. The molecular weight excluding hydrogens is 422 g/mol. The predicted molar refractivity (Wildman–Crippen MR) is 134 cm³/mol. The fourth-order valence-corrected chi connectivity index (χ4v) is 5.51. The van der Waals surface area contributed by atoms with E-state index in [0.29, 0.717) is 19.0 Å². The molecule has 0 aliphatic carbocycles. The normalized spacial score (nSPS) is 16.0. The van der Waals surface area contributed by atoms with Crippen molar-refractivity contribution in [1.82, 2.24) is 4.57 Å². The maximum absolute atomic E-state index is 11.9. The number of rotatable bonds is 7. The van der Waals surface area contributed by atoms with Crippen molar-refractivity contribution in [3.63, 3.8) is 0 Å². The maximum atomic E-state index is 11.9. The van der Waals surface area contributed by atoms with Crippen LogP contribution < -0.4 is 15.0 Å². The minimum absolute atomic E-state index is 0.215. The SMILES string of the molecule is COc1ccc(-c2cc3cc(N4CCS(=O)(=O)CC4)cc(NCCC(C)C)c3n2C)cc1. The van der Waals surface area contributed by atoms with Gasteiger partial charge < -0.3 is 19.5 Å². The number of aryl methyl sites for hydroxylation is 1. The highest BCUT2D eigenvalue weighted by Gasteiger charge is 2.23. The van der Waals surface area contributed by atoms with Crippen LogP contribution in [0.2, 0.25) is 0 Å². The third-order valence-corrected chi connectivity index (χ3v) is 7.85. The lowest BCUT2D eigenvalue weighted by Gasteiger charge is -2.29. The highest BCUT2D eigenvalue weighted by atomic mass is 32.2. The summed E-state index contributed by atoms with van der Waals surface area (Å²) in [4.78, 5) is 2.19. The Labute approximate surface area is 191 Å². The second-order valence-corrected chi connectivity index (χ2v) is 11.3. The molecule has 0 unspecified atom stereocenters. The van der Waals surface area contributed by atoms with E-state index in [4.69, 9.17) is 4.74 Å². The summed E-state index contributed by atoms with van der Waals surface area (Å²) >= 11 is 0. The fourth-order valence-electron chi connectivity index (χ4n) is 4.31. The van der Waals surface area contributed by atoms with Gasteiger partial charge >= 0.3 is 0 Å². The van der Waals surface area contributed by atoms with Gasteiger partial charge in [0.1, 0.15) is 5.75 Å². The summed E-state index contributed by atoms with van der Waals surface area (Å²) in [5, 5.41) is 4.80. The third-order valence-electron chi connectivity index (χ3n) is 6.25. The molecule has 0 spiro atoms. The van der Waals surface area contributed by atoms with E-state index in [9.17, 15) is 8.42 Å². The van der Waals surface area contributed by atoms with E-state index in [-0.39, 0.29) is 11.5 Å². The lowest BCUT2D eigenvalue weighted by molar-refractivity contribution is 0.415. The topological polar surface area (TPSA) is 63.6 Å². The minimum Gasteiger partial charge on any atom is -0.497 e. The second-order valence-electron chi connectivity index (χ2n) is 9.00. The average Bonchev–Trinajstić information content (AvgIpc) is 3.10. The quantitative estimate of drug-likeness (QED) is 0.566. The third kappa shape index (κ3) is 4.72. The van der Waals surface area contributed by atoms with Gasteiger partial charge in [0.25, 0.3) is 0 Å². The Kier molecular flexibility index (Phi) is 6.38. The van der Waals surface area contributed by atoms with Gasteiger partial charge in [0, 0.05) is 43.4 Å². The van der Waals surface area contributed by atoms with Crippen molar-refractivity contribution >= 4 is 32.1 Å². The second kappa shape index (κ2) is 9.06. The summed E-state index contributed by atoms with van der Waals surface area (Å²) in [6, 6.07) is 14.7. The van der Waals surface area contributed by atoms with Crippen LogP contribution in [-0.4, -0.2) is 51.2 Å². The molecule has 32 heavy (non-hydrogen) atoms. The van der Waals surface area contributed by atoms with Crippen molar-refractivity contribution in [3.05, 3.63) is 42.5 Å². The van der Waals surface area contributed by atoms with Crippen LogP contribution in [0.1, 0.15) is 20.3 Å². The summed E-state index contributed by atoms with van der Waals surface area (Å²) < 4.78 is 31.4. The van der Waals surface area contributed by atoms with Crippen LogP contribution >= 0.6 is 0 Å². The smallest absolute Gasteiger partial charge is 0.153 e. The largest absolute Gasteiger partial charge is 0.497 e. The number of methoxy groups -OCH3 is 1. The molecule has 172 valence electrons. The minimum atomic E-state index is -2.92. The maximum Gasteiger partial charge on any atom is 0.153 e. The monoisotopic (exact) mass is 455 g/mol. The summed E-state index contributed by atoms with van der Waals surface area (Å²) in [5.74, 6) is 1.89. The van der Waals surface area contributed by atoms with Crippen molar-refractivity contribution in [2.24, 2.45) is 13.0 Å². The van der Waals surface area contributed by atoms with Crippen molar-refractivity contribution in [2.75, 3.05) is 48.5 Å².